The van der Waals surface area contributed by atoms with Gasteiger partial charge in [-0.3, -0.25) is 9.69 Å². The van der Waals surface area contributed by atoms with Gasteiger partial charge in [-0.15, -0.1) is 0 Å². The van der Waals surface area contributed by atoms with Crippen molar-refractivity contribution < 1.29 is 4.79 Å². The van der Waals surface area contributed by atoms with Gasteiger partial charge in [0.05, 0.1) is 10.6 Å². The molecule has 0 bridgehead atoms. The van der Waals surface area contributed by atoms with Gasteiger partial charge in [-0.2, -0.15) is 0 Å². The first-order valence-corrected chi connectivity index (χ1v) is 8.81. The zero-order valence-corrected chi connectivity index (χ0v) is 15.1. The highest BCUT2D eigenvalue weighted by Crippen LogP contribution is 2.23. The minimum Gasteiger partial charge on any atom is -0.336 e. The van der Waals surface area contributed by atoms with Crippen molar-refractivity contribution in [2.75, 3.05) is 26.2 Å². The van der Waals surface area contributed by atoms with E-state index in [0.717, 1.165) is 37.2 Å². The molecule has 0 saturated carbocycles. The largest absolute Gasteiger partial charge is 0.336 e. The van der Waals surface area contributed by atoms with Crippen molar-refractivity contribution in [3.63, 3.8) is 0 Å². The molecule has 0 atom stereocenters. The number of piperazine rings is 1. The normalized spacial score (nSPS) is 15.7. The van der Waals surface area contributed by atoms with Crippen LogP contribution >= 0.6 is 27.5 Å². The molecule has 5 heteroatoms. The number of hydrogen-bond donors (Lipinski definition) is 0. The van der Waals surface area contributed by atoms with Gasteiger partial charge < -0.3 is 4.90 Å². The summed E-state index contributed by atoms with van der Waals surface area (Å²) in [5, 5.41) is 0.505. The molecule has 1 saturated heterocycles. The van der Waals surface area contributed by atoms with Gasteiger partial charge in [0.25, 0.3) is 5.91 Å². The van der Waals surface area contributed by atoms with Crippen LogP contribution in [-0.4, -0.2) is 41.9 Å². The molecule has 2 aromatic rings. The average Bonchev–Trinajstić information content (AvgIpc) is 2.58. The maximum atomic E-state index is 12.6. The van der Waals surface area contributed by atoms with E-state index in [-0.39, 0.29) is 5.91 Å². The standard InChI is InChI=1S/C18H18BrClN2O/c19-15-6-7-17(20)16(12-15)18(23)22-10-8-21(9-11-22)13-14-4-2-1-3-5-14/h1-7,12H,8-11,13H2. The zero-order chi connectivity index (χ0) is 16.2. The highest BCUT2D eigenvalue weighted by Gasteiger charge is 2.23. The minimum atomic E-state index is 0.00987. The first-order valence-electron chi connectivity index (χ1n) is 7.64. The van der Waals surface area contributed by atoms with Crippen LogP contribution in [0.5, 0.6) is 0 Å². The highest BCUT2D eigenvalue weighted by molar-refractivity contribution is 9.10. The number of carbonyl (C=O) groups excluding carboxylic acids is 1. The fraction of sp³-hybridized carbons (Fsp3) is 0.278. The SMILES string of the molecule is O=C(c1cc(Br)ccc1Cl)N1CCN(Cc2ccccc2)CC1. The smallest absolute Gasteiger partial charge is 0.255 e. The quantitative estimate of drug-likeness (QED) is 0.785. The Morgan fingerprint density at radius 1 is 1.04 bits per heavy atom. The Morgan fingerprint density at radius 3 is 2.43 bits per heavy atom. The van der Waals surface area contributed by atoms with Crippen LogP contribution < -0.4 is 0 Å². The van der Waals surface area contributed by atoms with Gasteiger partial charge in [-0.25, -0.2) is 0 Å². The van der Waals surface area contributed by atoms with Crippen molar-refractivity contribution in [3.8, 4) is 0 Å². The lowest BCUT2D eigenvalue weighted by Gasteiger charge is -2.35. The fourth-order valence-electron chi connectivity index (χ4n) is 2.78. The summed E-state index contributed by atoms with van der Waals surface area (Å²) in [6.07, 6.45) is 0. The molecule has 1 aliphatic heterocycles. The fourth-order valence-corrected chi connectivity index (χ4v) is 3.34. The lowest BCUT2D eigenvalue weighted by Crippen LogP contribution is -2.48. The maximum Gasteiger partial charge on any atom is 0.255 e. The molecule has 2 aromatic carbocycles. The monoisotopic (exact) mass is 392 g/mol. The Bertz CT molecular complexity index is 685. The van der Waals surface area contributed by atoms with Gasteiger partial charge in [-0.05, 0) is 23.8 Å². The van der Waals surface area contributed by atoms with E-state index < -0.39 is 0 Å². The summed E-state index contributed by atoms with van der Waals surface area (Å²) in [5.74, 6) is 0.00987. The summed E-state index contributed by atoms with van der Waals surface area (Å²) < 4.78 is 0.868. The lowest BCUT2D eigenvalue weighted by atomic mass is 10.1. The number of rotatable bonds is 3. The molecule has 3 nitrogen and oxygen atoms in total. The van der Waals surface area contributed by atoms with Gasteiger partial charge in [-0.1, -0.05) is 57.9 Å². The Hall–Kier alpha value is -1.36. The molecule has 0 spiro atoms. The third-order valence-electron chi connectivity index (χ3n) is 4.07. The maximum absolute atomic E-state index is 12.6. The predicted octanol–water partition coefficient (Wildman–Crippen LogP) is 4.06. The van der Waals surface area contributed by atoms with E-state index in [0.29, 0.717) is 10.6 Å². The number of hydrogen-bond acceptors (Lipinski definition) is 2. The van der Waals surface area contributed by atoms with Crippen molar-refractivity contribution in [1.29, 1.82) is 0 Å². The molecule has 1 aliphatic rings. The third-order valence-corrected chi connectivity index (χ3v) is 4.89. The van der Waals surface area contributed by atoms with Crippen molar-refractivity contribution in [1.82, 2.24) is 9.80 Å². The van der Waals surface area contributed by atoms with Gasteiger partial charge in [0.1, 0.15) is 0 Å². The van der Waals surface area contributed by atoms with E-state index in [1.807, 2.05) is 17.0 Å². The Kier molecular flexibility index (Phi) is 5.36. The molecule has 1 amide bonds. The van der Waals surface area contributed by atoms with E-state index in [4.69, 9.17) is 11.6 Å². The van der Waals surface area contributed by atoms with Crippen molar-refractivity contribution in [2.45, 2.75) is 6.54 Å². The second-order valence-electron chi connectivity index (χ2n) is 5.68. The van der Waals surface area contributed by atoms with Gasteiger partial charge in [0.15, 0.2) is 0 Å². The highest BCUT2D eigenvalue weighted by atomic mass is 79.9. The van der Waals surface area contributed by atoms with Gasteiger partial charge in [0.2, 0.25) is 0 Å². The molecule has 0 aliphatic carbocycles. The van der Waals surface area contributed by atoms with Crippen molar-refractivity contribution in [2.24, 2.45) is 0 Å². The summed E-state index contributed by atoms with van der Waals surface area (Å²) >= 11 is 9.57. The summed E-state index contributed by atoms with van der Waals surface area (Å²) in [7, 11) is 0. The topological polar surface area (TPSA) is 23.6 Å². The molecular formula is C18H18BrClN2O. The van der Waals surface area contributed by atoms with E-state index in [1.54, 1.807) is 12.1 Å². The Labute approximate surface area is 150 Å². The van der Waals surface area contributed by atoms with Crippen LogP contribution in [-0.2, 0) is 6.54 Å². The van der Waals surface area contributed by atoms with Crippen LogP contribution in [0.3, 0.4) is 0 Å². The number of halogens is 2. The Balaban J connectivity index is 1.60. The van der Waals surface area contributed by atoms with Gasteiger partial charge in [0, 0.05) is 37.2 Å². The third kappa shape index (κ3) is 4.14. The summed E-state index contributed by atoms with van der Waals surface area (Å²) in [5.41, 5.74) is 1.87. The molecule has 0 unspecified atom stereocenters. The molecule has 0 aromatic heterocycles. The van der Waals surface area contributed by atoms with Crippen LogP contribution in [0.25, 0.3) is 0 Å². The molecule has 23 heavy (non-hydrogen) atoms. The molecule has 3 rings (SSSR count). The van der Waals surface area contributed by atoms with E-state index in [1.165, 1.54) is 5.56 Å². The number of amides is 1. The van der Waals surface area contributed by atoms with Crippen LogP contribution in [0.4, 0.5) is 0 Å². The van der Waals surface area contributed by atoms with E-state index in [9.17, 15) is 4.79 Å². The van der Waals surface area contributed by atoms with Crippen LogP contribution in [0.15, 0.2) is 53.0 Å². The minimum absolute atomic E-state index is 0.00987. The lowest BCUT2D eigenvalue weighted by molar-refractivity contribution is 0.0628. The zero-order valence-electron chi connectivity index (χ0n) is 12.7. The number of carbonyl (C=O) groups is 1. The predicted molar refractivity (Wildman–Crippen MR) is 96.8 cm³/mol. The van der Waals surface area contributed by atoms with Crippen molar-refractivity contribution in [3.05, 3.63) is 69.2 Å². The second kappa shape index (κ2) is 7.47. The second-order valence-corrected chi connectivity index (χ2v) is 7.00. The van der Waals surface area contributed by atoms with Crippen LogP contribution in [0, 0.1) is 0 Å². The van der Waals surface area contributed by atoms with Gasteiger partial charge >= 0.3 is 0 Å². The van der Waals surface area contributed by atoms with Crippen LogP contribution in [0.2, 0.25) is 5.02 Å². The Morgan fingerprint density at radius 2 is 1.74 bits per heavy atom. The van der Waals surface area contributed by atoms with Crippen LogP contribution in [0.1, 0.15) is 15.9 Å². The first kappa shape index (κ1) is 16.5. The molecule has 120 valence electrons. The van der Waals surface area contributed by atoms with Crippen molar-refractivity contribution >= 4 is 33.4 Å². The van der Waals surface area contributed by atoms with E-state index in [2.05, 4.69) is 45.1 Å². The van der Waals surface area contributed by atoms with E-state index >= 15 is 0 Å². The number of nitrogens with zero attached hydrogens (tertiary/aromatic N) is 2. The summed E-state index contributed by atoms with van der Waals surface area (Å²) in [6.45, 7) is 4.15. The number of benzene rings is 2. The molecular weight excluding hydrogens is 376 g/mol. The average molecular weight is 394 g/mol. The molecule has 0 radical (unpaired) electrons. The molecule has 1 fully saturated rings. The first-order chi connectivity index (χ1) is 11.1. The summed E-state index contributed by atoms with van der Waals surface area (Å²) in [6, 6.07) is 15.8. The summed E-state index contributed by atoms with van der Waals surface area (Å²) in [4.78, 5) is 16.9. The molecule has 0 N–H and O–H groups in total. The molecule has 1 heterocycles.